The van der Waals surface area contributed by atoms with Gasteiger partial charge in [-0.2, -0.15) is 5.10 Å². The first-order chi connectivity index (χ1) is 15.5. The number of aryl methyl sites for hydroxylation is 1. The summed E-state index contributed by atoms with van der Waals surface area (Å²) >= 11 is 1.62. The number of rotatable bonds is 8. The summed E-state index contributed by atoms with van der Waals surface area (Å²) in [4.78, 5) is 29.0. The van der Waals surface area contributed by atoms with Crippen molar-refractivity contribution in [2.45, 2.75) is 26.4 Å². The highest BCUT2D eigenvalue weighted by Crippen LogP contribution is 2.22. The van der Waals surface area contributed by atoms with E-state index < -0.39 is 0 Å². The molecule has 0 saturated carbocycles. The SMILES string of the molecule is Cc1nc(-c2ccc(CC(=O)NCc3cccc(NC(=O)Cn4cccn4)c3)cc2)cs1. The number of benzene rings is 2. The number of amides is 2. The third-order valence-corrected chi connectivity index (χ3v) is 5.57. The van der Waals surface area contributed by atoms with Crippen molar-refractivity contribution in [3.63, 3.8) is 0 Å². The van der Waals surface area contributed by atoms with Gasteiger partial charge in [0.05, 0.1) is 17.1 Å². The fraction of sp³-hybridized carbons (Fsp3) is 0.167. The number of aromatic nitrogens is 3. The van der Waals surface area contributed by atoms with E-state index in [9.17, 15) is 9.59 Å². The van der Waals surface area contributed by atoms with Crippen molar-refractivity contribution in [2.75, 3.05) is 5.32 Å². The van der Waals surface area contributed by atoms with Gasteiger partial charge in [-0.3, -0.25) is 14.3 Å². The topological polar surface area (TPSA) is 88.9 Å². The first-order valence-electron chi connectivity index (χ1n) is 10.2. The van der Waals surface area contributed by atoms with Gasteiger partial charge >= 0.3 is 0 Å². The van der Waals surface area contributed by atoms with Crippen molar-refractivity contribution in [1.82, 2.24) is 20.1 Å². The van der Waals surface area contributed by atoms with E-state index in [2.05, 4.69) is 20.7 Å². The Morgan fingerprint density at radius 3 is 2.59 bits per heavy atom. The number of thiazole rings is 1. The Hall–Kier alpha value is -3.78. The van der Waals surface area contributed by atoms with Gasteiger partial charge in [0.15, 0.2) is 0 Å². The molecule has 0 saturated heterocycles. The maximum atomic E-state index is 12.4. The van der Waals surface area contributed by atoms with E-state index in [1.807, 2.05) is 60.8 Å². The summed E-state index contributed by atoms with van der Waals surface area (Å²) in [6.07, 6.45) is 3.67. The molecule has 4 rings (SSSR count). The minimum Gasteiger partial charge on any atom is -0.352 e. The summed E-state index contributed by atoms with van der Waals surface area (Å²) in [5.41, 5.74) is 4.54. The van der Waals surface area contributed by atoms with E-state index in [1.54, 1.807) is 34.5 Å². The average Bonchev–Trinajstić information content (AvgIpc) is 3.45. The maximum Gasteiger partial charge on any atom is 0.246 e. The molecule has 0 fully saturated rings. The second kappa shape index (κ2) is 10.0. The smallest absolute Gasteiger partial charge is 0.246 e. The Kier molecular flexibility index (Phi) is 6.72. The molecule has 0 bridgehead atoms. The van der Waals surface area contributed by atoms with E-state index in [4.69, 9.17) is 0 Å². The second-order valence-corrected chi connectivity index (χ2v) is 8.42. The minimum absolute atomic E-state index is 0.0598. The standard InChI is InChI=1S/C24H23N5O2S/c1-17-27-22(16-32-17)20-8-6-18(7-9-20)13-23(30)25-14-19-4-2-5-21(12-19)28-24(31)15-29-11-3-10-26-29/h2-12,16H,13-15H2,1H3,(H,25,30)(H,28,31). The molecule has 4 aromatic rings. The fourth-order valence-electron chi connectivity index (χ4n) is 3.24. The molecule has 32 heavy (non-hydrogen) atoms. The Bertz CT molecular complexity index is 1200. The summed E-state index contributed by atoms with van der Waals surface area (Å²) in [5.74, 6) is -0.221. The number of hydrogen-bond acceptors (Lipinski definition) is 5. The summed E-state index contributed by atoms with van der Waals surface area (Å²) in [7, 11) is 0. The van der Waals surface area contributed by atoms with Crippen LogP contribution < -0.4 is 10.6 Å². The normalized spacial score (nSPS) is 10.7. The van der Waals surface area contributed by atoms with Crippen LogP contribution in [-0.2, 0) is 29.1 Å². The van der Waals surface area contributed by atoms with Crippen LogP contribution in [0.4, 0.5) is 5.69 Å². The van der Waals surface area contributed by atoms with E-state index in [-0.39, 0.29) is 18.4 Å². The van der Waals surface area contributed by atoms with Gasteiger partial charge in [0.2, 0.25) is 11.8 Å². The molecule has 2 aromatic heterocycles. The maximum absolute atomic E-state index is 12.4. The average molecular weight is 446 g/mol. The number of nitrogens with one attached hydrogen (secondary N) is 2. The Labute approximate surface area is 190 Å². The molecule has 0 aliphatic carbocycles. The van der Waals surface area contributed by atoms with Crippen LogP contribution in [0.25, 0.3) is 11.3 Å². The van der Waals surface area contributed by atoms with Gasteiger partial charge in [-0.15, -0.1) is 11.3 Å². The Morgan fingerprint density at radius 2 is 1.88 bits per heavy atom. The van der Waals surface area contributed by atoms with Crippen LogP contribution in [0.15, 0.2) is 72.4 Å². The summed E-state index contributed by atoms with van der Waals surface area (Å²) < 4.78 is 1.56. The highest BCUT2D eigenvalue weighted by Gasteiger charge is 2.07. The summed E-state index contributed by atoms with van der Waals surface area (Å²) in [6, 6.07) is 17.1. The molecular weight excluding hydrogens is 422 g/mol. The van der Waals surface area contributed by atoms with E-state index in [0.29, 0.717) is 18.7 Å². The lowest BCUT2D eigenvalue weighted by Gasteiger charge is -2.09. The summed E-state index contributed by atoms with van der Waals surface area (Å²) in [5, 5.41) is 12.9. The molecule has 2 aromatic carbocycles. The predicted molar refractivity (Wildman–Crippen MR) is 125 cm³/mol. The monoisotopic (exact) mass is 445 g/mol. The van der Waals surface area contributed by atoms with Gasteiger partial charge in [-0.25, -0.2) is 4.98 Å². The number of carbonyl (C=O) groups excluding carboxylic acids is 2. The third-order valence-electron chi connectivity index (χ3n) is 4.80. The molecular formula is C24H23N5O2S. The van der Waals surface area contributed by atoms with Crippen molar-refractivity contribution >= 4 is 28.8 Å². The molecule has 0 unspecified atom stereocenters. The van der Waals surface area contributed by atoms with Crippen LogP contribution in [-0.4, -0.2) is 26.6 Å². The number of hydrogen-bond donors (Lipinski definition) is 2. The second-order valence-electron chi connectivity index (χ2n) is 7.35. The van der Waals surface area contributed by atoms with Crippen molar-refractivity contribution in [3.8, 4) is 11.3 Å². The van der Waals surface area contributed by atoms with Crippen molar-refractivity contribution in [1.29, 1.82) is 0 Å². The molecule has 8 heteroatoms. The molecule has 2 amide bonds. The third kappa shape index (κ3) is 5.89. The van der Waals surface area contributed by atoms with E-state index in [0.717, 1.165) is 27.4 Å². The van der Waals surface area contributed by atoms with Gasteiger partial charge < -0.3 is 10.6 Å². The van der Waals surface area contributed by atoms with Gasteiger partial charge in [-0.1, -0.05) is 36.4 Å². The zero-order chi connectivity index (χ0) is 22.3. The zero-order valence-electron chi connectivity index (χ0n) is 17.6. The molecule has 162 valence electrons. The van der Waals surface area contributed by atoms with Crippen molar-refractivity contribution in [3.05, 3.63) is 88.5 Å². The molecule has 0 aliphatic heterocycles. The Morgan fingerprint density at radius 1 is 1.03 bits per heavy atom. The predicted octanol–water partition coefficient (Wildman–Crippen LogP) is 3.81. The number of nitrogens with zero attached hydrogens (tertiary/aromatic N) is 3. The quantitative estimate of drug-likeness (QED) is 0.432. The molecule has 2 heterocycles. The molecule has 0 spiro atoms. The lowest BCUT2D eigenvalue weighted by molar-refractivity contribution is -0.120. The highest BCUT2D eigenvalue weighted by atomic mass is 32.1. The van der Waals surface area contributed by atoms with Crippen molar-refractivity contribution in [2.24, 2.45) is 0 Å². The largest absolute Gasteiger partial charge is 0.352 e. The van der Waals surface area contributed by atoms with Crippen LogP contribution in [0.3, 0.4) is 0 Å². The van der Waals surface area contributed by atoms with Gasteiger partial charge in [-0.05, 0) is 36.2 Å². The Balaban J connectivity index is 1.27. The number of anilines is 1. The van der Waals surface area contributed by atoms with Crippen LogP contribution >= 0.6 is 11.3 Å². The number of carbonyl (C=O) groups is 2. The molecule has 0 aliphatic rings. The van der Waals surface area contributed by atoms with E-state index in [1.165, 1.54) is 0 Å². The minimum atomic E-state index is -0.161. The zero-order valence-corrected chi connectivity index (χ0v) is 18.4. The van der Waals surface area contributed by atoms with Crippen molar-refractivity contribution < 1.29 is 9.59 Å². The highest BCUT2D eigenvalue weighted by molar-refractivity contribution is 7.09. The van der Waals surface area contributed by atoms with Gasteiger partial charge in [0, 0.05) is 35.6 Å². The molecule has 0 radical (unpaired) electrons. The first kappa shape index (κ1) is 21.5. The van der Waals surface area contributed by atoms with E-state index >= 15 is 0 Å². The van der Waals surface area contributed by atoms with Gasteiger partial charge in [0.1, 0.15) is 6.54 Å². The first-order valence-corrected chi connectivity index (χ1v) is 11.1. The lowest BCUT2D eigenvalue weighted by atomic mass is 10.1. The molecule has 7 nitrogen and oxygen atoms in total. The van der Waals surface area contributed by atoms with Crippen LogP contribution in [0, 0.1) is 6.92 Å². The van der Waals surface area contributed by atoms with Gasteiger partial charge in [0.25, 0.3) is 0 Å². The fourth-order valence-corrected chi connectivity index (χ4v) is 3.86. The van der Waals surface area contributed by atoms with Crippen LogP contribution in [0.1, 0.15) is 16.1 Å². The van der Waals surface area contributed by atoms with Crippen LogP contribution in [0.2, 0.25) is 0 Å². The van der Waals surface area contributed by atoms with Crippen LogP contribution in [0.5, 0.6) is 0 Å². The molecule has 0 atom stereocenters. The summed E-state index contributed by atoms with van der Waals surface area (Å²) in [6.45, 7) is 2.52. The molecule has 2 N–H and O–H groups in total. The lowest BCUT2D eigenvalue weighted by Crippen LogP contribution is -2.24.